The van der Waals surface area contributed by atoms with Crippen LogP contribution in [0.1, 0.15) is 31.4 Å². The van der Waals surface area contributed by atoms with Crippen LogP contribution in [0.5, 0.6) is 0 Å². The van der Waals surface area contributed by atoms with E-state index in [0.29, 0.717) is 18.5 Å². The number of hydrogen-bond donors (Lipinski definition) is 1. The summed E-state index contributed by atoms with van der Waals surface area (Å²) in [5.74, 6) is -0.174. The zero-order chi connectivity index (χ0) is 20.0. The molecule has 8 heteroatoms. The van der Waals surface area contributed by atoms with Crippen LogP contribution in [0.25, 0.3) is 10.2 Å². The van der Waals surface area contributed by atoms with Crippen molar-refractivity contribution in [3.63, 3.8) is 0 Å². The molecule has 2 aliphatic heterocycles. The topological polar surface area (TPSA) is 78.4 Å². The highest BCUT2D eigenvalue weighted by Gasteiger charge is 2.53. The van der Waals surface area contributed by atoms with Crippen LogP contribution in [-0.4, -0.2) is 45.4 Å². The fourth-order valence-electron chi connectivity index (χ4n) is 4.32. The lowest BCUT2D eigenvalue weighted by molar-refractivity contribution is -0.124. The van der Waals surface area contributed by atoms with Crippen molar-refractivity contribution >= 4 is 39.2 Å². The fraction of sp³-hybridized carbons (Fsp3) is 0.333. The lowest BCUT2D eigenvalue weighted by atomic mass is 9.86. The lowest BCUT2D eigenvalue weighted by Gasteiger charge is -2.40. The molecule has 2 aliphatic rings. The molecule has 3 aromatic rings. The predicted molar refractivity (Wildman–Crippen MR) is 112 cm³/mol. The minimum atomic E-state index is -0.817. The average Bonchev–Trinajstić information content (AvgIpc) is 3.31. The molecule has 1 unspecified atom stereocenters. The van der Waals surface area contributed by atoms with Gasteiger partial charge in [0.2, 0.25) is 0 Å². The summed E-state index contributed by atoms with van der Waals surface area (Å²) in [4.78, 5) is 37.7. The van der Waals surface area contributed by atoms with Gasteiger partial charge in [-0.15, -0.1) is 11.3 Å². The number of piperidine rings is 1. The van der Waals surface area contributed by atoms with E-state index in [0.717, 1.165) is 18.6 Å². The van der Waals surface area contributed by atoms with Gasteiger partial charge in [0.15, 0.2) is 0 Å². The van der Waals surface area contributed by atoms with Crippen molar-refractivity contribution in [1.82, 2.24) is 20.2 Å². The molecular weight excluding hydrogens is 386 g/mol. The van der Waals surface area contributed by atoms with E-state index >= 15 is 0 Å². The molecule has 0 saturated carbocycles. The molecule has 1 N–H and O–H groups in total. The molecule has 1 atom stereocenters. The van der Waals surface area contributed by atoms with E-state index in [9.17, 15) is 9.59 Å². The van der Waals surface area contributed by atoms with E-state index < -0.39 is 5.54 Å². The number of thiazole rings is 1. The summed E-state index contributed by atoms with van der Waals surface area (Å²) in [7, 11) is 0. The normalized spacial score (nSPS) is 20.4. The van der Waals surface area contributed by atoms with Gasteiger partial charge in [-0.3, -0.25) is 14.7 Å². The number of nitrogens with one attached hydrogen (secondary N) is 1. The van der Waals surface area contributed by atoms with Gasteiger partial charge in [0.05, 0.1) is 27.6 Å². The van der Waals surface area contributed by atoms with Crippen molar-refractivity contribution in [2.24, 2.45) is 0 Å². The molecule has 2 fully saturated rings. The van der Waals surface area contributed by atoms with Gasteiger partial charge in [0, 0.05) is 25.3 Å². The number of hydrogen-bond acceptors (Lipinski definition) is 6. The molecule has 0 radical (unpaired) electrons. The smallest absolute Gasteiger partial charge is 0.323 e. The number of aromatic nitrogens is 2. The Morgan fingerprint density at radius 3 is 2.79 bits per heavy atom. The third-order valence-corrected chi connectivity index (χ3v) is 6.91. The number of rotatable bonds is 3. The maximum absolute atomic E-state index is 13.1. The highest BCUT2D eigenvalue weighted by Crippen LogP contribution is 2.35. The van der Waals surface area contributed by atoms with E-state index in [4.69, 9.17) is 0 Å². The second kappa shape index (κ2) is 6.89. The summed E-state index contributed by atoms with van der Waals surface area (Å²) in [5, 5.41) is 2.96. The molecule has 3 amide bonds. The van der Waals surface area contributed by atoms with Crippen LogP contribution >= 0.6 is 11.3 Å². The van der Waals surface area contributed by atoms with Gasteiger partial charge < -0.3 is 5.32 Å². The Hall–Kier alpha value is -2.84. The Morgan fingerprint density at radius 2 is 2.03 bits per heavy atom. The second-order valence-corrected chi connectivity index (χ2v) is 8.54. The van der Waals surface area contributed by atoms with Crippen molar-refractivity contribution < 1.29 is 9.59 Å². The fourth-order valence-corrected chi connectivity index (χ4v) is 4.98. The third kappa shape index (κ3) is 2.99. The summed E-state index contributed by atoms with van der Waals surface area (Å²) < 4.78 is 1.19. The number of carbonyl (C=O) groups is 2. The van der Waals surface area contributed by atoms with Gasteiger partial charge in [-0.05, 0) is 49.6 Å². The molecular formula is C21H21N5O2S. The number of likely N-dealkylation sites (tertiary alicyclic amines) is 1. The summed E-state index contributed by atoms with van der Waals surface area (Å²) >= 11 is 1.64. The standard InChI is InChI=1S/C21H21N5O2S/c1-14(15-4-5-18-17(11-15)23-13-29-18)25-9-6-21(7-10-25)19(27)26(20(28)24-21)16-3-2-8-22-12-16/h2-5,8,11-14H,6-7,9-10H2,1H3,(H,24,28). The van der Waals surface area contributed by atoms with Crippen molar-refractivity contribution in [2.45, 2.75) is 31.3 Å². The monoisotopic (exact) mass is 407 g/mol. The quantitative estimate of drug-likeness (QED) is 0.674. The average molecular weight is 407 g/mol. The molecule has 2 aromatic heterocycles. The minimum Gasteiger partial charge on any atom is -0.323 e. The second-order valence-electron chi connectivity index (χ2n) is 7.66. The number of nitrogens with zero attached hydrogens (tertiary/aromatic N) is 4. The van der Waals surface area contributed by atoms with Crippen LogP contribution in [0.3, 0.4) is 0 Å². The summed E-state index contributed by atoms with van der Waals surface area (Å²) in [6.45, 7) is 3.66. The van der Waals surface area contributed by atoms with E-state index in [1.165, 1.54) is 15.2 Å². The molecule has 148 valence electrons. The van der Waals surface area contributed by atoms with Gasteiger partial charge in [-0.1, -0.05) is 6.07 Å². The number of benzene rings is 1. The Bertz CT molecular complexity index is 1070. The van der Waals surface area contributed by atoms with Gasteiger partial charge in [0.25, 0.3) is 5.91 Å². The van der Waals surface area contributed by atoms with Crippen molar-refractivity contribution in [3.05, 3.63) is 53.8 Å². The molecule has 2 saturated heterocycles. The number of urea groups is 1. The largest absolute Gasteiger partial charge is 0.329 e. The van der Waals surface area contributed by atoms with Crippen molar-refractivity contribution in [1.29, 1.82) is 0 Å². The maximum atomic E-state index is 13.1. The van der Waals surface area contributed by atoms with Crippen LogP contribution in [0.15, 0.2) is 48.2 Å². The highest BCUT2D eigenvalue weighted by molar-refractivity contribution is 7.16. The number of amides is 3. The van der Waals surface area contributed by atoms with Crippen LogP contribution in [0.2, 0.25) is 0 Å². The Balaban J connectivity index is 1.32. The Labute approximate surface area is 172 Å². The highest BCUT2D eigenvalue weighted by atomic mass is 32.1. The Morgan fingerprint density at radius 1 is 1.21 bits per heavy atom. The first-order chi connectivity index (χ1) is 14.1. The maximum Gasteiger partial charge on any atom is 0.329 e. The lowest BCUT2D eigenvalue weighted by Crippen LogP contribution is -2.55. The molecule has 29 heavy (non-hydrogen) atoms. The van der Waals surface area contributed by atoms with Gasteiger partial charge >= 0.3 is 6.03 Å². The molecule has 1 spiro atoms. The number of anilines is 1. The number of pyridine rings is 1. The summed E-state index contributed by atoms with van der Waals surface area (Å²) in [6.07, 6.45) is 4.36. The van der Waals surface area contributed by atoms with Crippen LogP contribution in [0.4, 0.5) is 10.5 Å². The molecule has 0 aliphatic carbocycles. The zero-order valence-corrected chi connectivity index (χ0v) is 16.9. The first-order valence-electron chi connectivity index (χ1n) is 9.71. The van der Waals surface area contributed by atoms with E-state index in [2.05, 4.69) is 45.3 Å². The van der Waals surface area contributed by atoms with Crippen LogP contribution in [-0.2, 0) is 4.79 Å². The number of carbonyl (C=O) groups excluding carboxylic acids is 2. The molecule has 4 heterocycles. The van der Waals surface area contributed by atoms with Crippen LogP contribution in [0, 0.1) is 0 Å². The molecule has 7 nitrogen and oxygen atoms in total. The predicted octanol–water partition coefficient (Wildman–Crippen LogP) is 3.34. The van der Waals surface area contributed by atoms with E-state index in [-0.39, 0.29) is 18.0 Å². The van der Waals surface area contributed by atoms with E-state index in [1.807, 2.05) is 5.51 Å². The van der Waals surface area contributed by atoms with Crippen molar-refractivity contribution in [2.75, 3.05) is 18.0 Å². The summed E-state index contributed by atoms with van der Waals surface area (Å²) in [5.41, 5.74) is 3.81. The first kappa shape index (κ1) is 18.2. The van der Waals surface area contributed by atoms with Gasteiger partial charge in [-0.25, -0.2) is 14.7 Å². The SMILES string of the molecule is CC(c1ccc2scnc2c1)N1CCC2(CC1)NC(=O)N(c1cccnc1)C2=O. The summed E-state index contributed by atoms with van der Waals surface area (Å²) in [6, 6.07) is 9.74. The molecule has 1 aromatic carbocycles. The zero-order valence-electron chi connectivity index (χ0n) is 16.0. The number of imide groups is 1. The molecule has 0 bridgehead atoms. The van der Waals surface area contributed by atoms with Gasteiger partial charge in [0.1, 0.15) is 5.54 Å². The third-order valence-electron chi connectivity index (χ3n) is 6.10. The molecule has 5 rings (SSSR count). The van der Waals surface area contributed by atoms with Crippen LogP contribution < -0.4 is 10.2 Å². The first-order valence-corrected chi connectivity index (χ1v) is 10.6. The van der Waals surface area contributed by atoms with Gasteiger partial charge in [-0.2, -0.15) is 0 Å². The minimum absolute atomic E-state index is 0.174. The van der Waals surface area contributed by atoms with Crippen molar-refractivity contribution in [3.8, 4) is 0 Å². The number of fused-ring (bicyclic) bond motifs is 1. The van der Waals surface area contributed by atoms with E-state index in [1.54, 1.807) is 35.9 Å². The Kier molecular flexibility index (Phi) is 4.33.